The monoisotopic (exact) mass is 335 g/mol. The van der Waals surface area contributed by atoms with Crippen LogP contribution in [0.5, 0.6) is 0 Å². The lowest BCUT2D eigenvalue weighted by molar-refractivity contribution is 0.245. The van der Waals surface area contributed by atoms with Gasteiger partial charge in [-0.05, 0) is 38.4 Å². The Morgan fingerprint density at radius 3 is 2.92 bits per heavy atom. The van der Waals surface area contributed by atoms with E-state index in [0.717, 1.165) is 43.6 Å². The molecular weight excluding hydrogens is 314 g/mol. The summed E-state index contributed by atoms with van der Waals surface area (Å²) >= 11 is 0. The van der Waals surface area contributed by atoms with Crippen molar-refractivity contribution >= 4 is 0 Å². The molecule has 1 fully saturated rings. The lowest BCUT2D eigenvalue weighted by atomic mass is 10.1. The van der Waals surface area contributed by atoms with Crippen LogP contribution in [0.4, 0.5) is 0 Å². The molecule has 0 radical (unpaired) electrons. The van der Waals surface area contributed by atoms with Crippen LogP contribution in [0.2, 0.25) is 0 Å². The first-order valence-corrected chi connectivity index (χ1v) is 8.78. The molecule has 0 saturated carbocycles. The van der Waals surface area contributed by atoms with Crippen LogP contribution < -0.4 is 0 Å². The standard InChI is InChI=1S/C19H21N5O/c1-2-6-15(7-3-1)19-22-18(25-23-19)9-5-13-24-12-4-8-17(24)16-10-11-20-14-21-16/h1-3,6-7,10-11,14,17H,4-5,8-9,12-13H2. The highest BCUT2D eigenvalue weighted by Gasteiger charge is 2.26. The van der Waals surface area contributed by atoms with E-state index in [1.807, 2.05) is 42.6 Å². The summed E-state index contributed by atoms with van der Waals surface area (Å²) in [4.78, 5) is 15.4. The first-order chi connectivity index (χ1) is 12.4. The quantitative estimate of drug-likeness (QED) is 0.688. The molecular formula is C19H21N5O. The fourth-order valence-corrected chi connectivity index (χ4v) is 3.42. The van der Waals surface area contributed by atoms with Crippen LogP contribution >= 0.6 is 0 Å². The number of hydrogen-bond donors (Lipinski definition) is 0. The Morgan fingerprint density at radius 2 is 2.08 bits per heavy atom. The highest BCUT2D eigenvalue weighted by Crippen LogP contribution is 2.30. The van der Waals surface area contributed by atoms with Gasteiger partial charge in [-0.1, -0.05) is 35.5 Å². The van der Waals surface area contributed by atoms with E-state index in [2.05, 4.69) is 25.0 Å². The SMILES string of the molecule is c1ccc(-c2noc(CCCN3CCCC3c3ccncn3)n2)cc1. The molecule has 1 aliphatic rings. The first kappa shape index (κ1) is 15.9. The topological polar surface area (TPSA) is 67.9 Å². The van der Waals surface area contributed by atoms with Crippen LogP contribution in [0.3, 0.4) is 0 Å². The summed E-state index contributed by atoms with van der Waals surface area (Å²) in [7, 11) is 0. The highest BCUT2D eigenvalue weighted by molar-refractivity contribution is 5.53. The molecule has 6 nitrogen and oxygen atoms in total. The zero-order valence-electron chi connectivity index (χ0n) is 14.1. The van der Waals surface area contributed by atoms with Gasteiger partial charge < -0.3 is 4.52 Å². The molecule has 1 unspecified atom stereocenters. The van der Waals surface area contributed by atoms with Crippen molar-refractivity contribution in [3.8, 4) is 11.4 Å². The number of likely N-dealkylation sites (tertiary alicyclic amines) is 1. The summed E-state index contributed by atoms with van der Waals surface area (Å²) in [5, 5.41) is 4.08. The molecule has 0 bridgehead atoms. The lowest BCUT2D eigenvalue weighted by Crippen LogP contribution is -2.25. The van der Waals surface area contributed by atoms with E-state index in [4.69, 9.17) is 4.52 Å². The van der Waals surface area contributed by atoms with Crippen molar-refractivity contribution in [2.24, 2.45) is 0 Å². The van der Waals surface area contributed by atoms with Gasteiger partial charge in [-0.25, -0.2) is 9.97 Å². The second kappa shape index (κ2) is 7.53. The molecule has 3 heterocycles. The highest BCUT2D eigenvalue weighted by atomic mass is 16.5. The van der Waals surface area contributed by atoms with Gasteiger partial charge in [0, 0.05) is 18.2 Å². The van der Waals surface area contributed by atoms with Crippen molar-refractivity contribution in [2.75, 3.05) is 13.1 Å². The lowest BCUT2D eigenvalue weighted by Gasteiger charge is -2.23. The number of aromatic nitrogens is 4. The Bertz CT molecular complexity index is 790. The van der Waals surface area contributed by atoms with Gasteiger partial charge in [-0.3, -0.25) is 4.90 Å². The largest absolute Gasteiger partial charge is 0.339 e. The van der Waals surface area contributed by atoms with Crippen LogP contribution in [0.1, 0.15) is 36.9 Å². The number of aryl methyl sites for hydroxylation is 1. The normalized spacial score (nSPS) is 17.8. The summed E-state index contributed by atoms with van der Waals surface area (Å²) in [5.41, 5.74) is 2.11. The summed E-state index contributed by atoms with van der Waals surface area (Å²) in [6, 6.07) is 12.3. The molecule has 0 spiro atoms. The third-order valence-corrected chi connectivity index (χ3v) is 4.65. The van der Waals surface area contributed by atoms with Gasteiger partial charge in [0.2, 0.25) is 11.7 Å². The summed E-state index contributed by atoms with van der Waals surface area (Å²) < 4.78 is 5.40. The Kier molecular flexibility index (Phi) is 4.79. The third-order valence-electron chi connectivity index (χ3n) is 4.65. The molecule has 128 valence electrons. The van der Waals surface area contributed by atoms with Crippen molar-refractivity contribution in [1.82, 2.24) is 25.0 Å². The molecule has 1 atom stereocenters. The van der Waals surface area contributed by atoms with E-state index >= 15 is 0 Å². The van der Waals surface area contributed by atoms with Gasteiger partial charge in [0.1, 0.15) is 6.33 Å². The number of hydrogen-bond acceptors (Lipinski definition) is 6. The van der Waals surface area contributed by atoms with Gasteiger partial charge in [0.15, 0.2) is 0 Å². The number of nitrogens with zero attached hydrogens (tertiary/aromatic N) is 5. The van der Waals surface area contributed by atoms with Gasteiger partial charge in [0.25, 0.3) is 0 Å². The van der Waals surface area contributed by atoms with E-state index in [1.165, 1.54) is 6.42 Å². The van der Waals surface area contributed by atoms with E-state index in [9.17, 15) is 0 Å². The van der Waals surface area contributed by atoms with Gasteiger partial charge in [0.05, 0.1) is 11.7 Å². The van der Waals surface area contributed by atoms with Crippen LogP contribution in [0, 0.1) is 0 Å². The fraction of sp³-hybridized carbons (Fsp3) is 0.368. The molecule has 1 aliphatic heterocycles. The zero-order valence-corrected chi connectivity index (χ0v) is 14.1. The Morgan fingerprint density at radius 1 is 1.16 bits per heavy atom. The molecule has 0 aliphatic carbocycles. The van der Waals surface area contributed by atoms with Crippen molar-refractivity contribution in [3.63, 3.8) is 0 Å². The maximum atomic E-state index is 5.40. The summed E-state index contributed by atoms with van der Waals surface area (Å²) in [6.45, 7) is 2.13. The van der Waals surface area contributed by atoms with Gasteiger partial charge in [-0.15, -0.1) is 0 Å². The van der Waals surface area contributed by atoms with Crippen LogP contribution in [-0.2, 0) is 6.42 Å². The first-order valence-electron chi connectivity index (χ1n) is 8.78. The van der Waals surface area contributed by atoms with Crippen molar-refractivity contribution in [2.45, 2.75) is 31.7 Å². The second-order valence-corrected chi connectivity index (χ2v) is 6.31. The van der Waals surface area contributed by atoms with Crippen LogP contribution in [-0.4, -0.2) is 38.1 Å². The predicted molar refractivity (Wildman–Crippen MR) is 93.6 cm³/mol. The Balaban J connectivity index is 1.33. The molecule has 0 N–H and O–H groups in total. The molecule has 1 aromatic carbocycles. The molecule has 25 heavy (non-hydrogen) atoms. The molecule has 3 aromatic rings. The van der Waals surface area contributed by atoms with E-state index < -0.39 is 0 Å². The zero-order chi connectivity index (χ0) is 16.9. The molecule has 1 saturated heterocycles. The third kappa shape index (κ3) is 3.74. The number of benzene rings is 1. The Hall–Kier alpha value is -2.60. The van der Waals surface area contributed by atoms with Crippen molar-refractivity contribution in [3.05, 3.63) is 60.5 Å². The average molecular weight is 335 g/mol. The second-order valence-electron chi connectivity index (χ2n) is 6.31. The molecule has 0 amide bonds. The smallest absolute Gasteiger partial charge is 0.227 e. The minimum absolute atomic E-state index is 0.408. The van der Waals surface area contributed by atoms with E-state index in [0.29, 0.717) is 17.8 Å². The van der Waals surface area contributed by atoms with E-state index in [-0.39, 0.29) is 0 Å². The number of rotatable bonds is 6. The molecule has 2 aromatic heterocycles. The van der Waals surface area contributed by atoms with Gasteiger partial charge >= 0.3 is 0 Å². The maximum Gasteiger partial charge on any atom is 0.227 e. The average Bonchev–Trinajstić information content (AvgIpc) is 3.33. The summed E-state index contributed by atoms with van der Waals surface area (Å²) in [6.07, 6.45) is 7.63. The van der Waals surface area contributed by atoms with Gasteiger partial charge in [-0.2, -0.15) is 4.98 Å². The van der Waals surface area contributed by atoms with E-state index in [1.54, 1.807) is 6.33 Å². The van der Waals surface area contributed by atoms with Crippen molar-refractivity contribution in [1.29, 1.82) is 0 Å². The predicted octanol–water partition coefficient (Wildman–Crippen LogP) is 3.30. The maximum absolute atomic E-state index is 5.40. The minimum Gasteiger partial charge on any atom is -0.339 e. The van der Waals surface area contributed by atoms with Crippen molar-refractivity contribution < 1.29 is 4.52 Å². The molecule has 6 heteroatoms. The van der Waals surface area contributed by atoms with Crippen LogP contribution in [0.15, 0.2) is 53.4 Å². The minimum atomic E-state index is 0.408. The van der Waals surface area contributed by atoms with Crippen LogP contribution in [0.25, 0.3) is 11.4 Å². The fourth-order valence-electron chi connectivity index (χ4n) is 3.42. The summed E-state index contributed by atoms with van der Waals surface area (Å²) in [5.74, 6) is 1.37. The Labute approximate surface area is 146 Å². The molecule has 4 rings (SSSR count).